The summed E-state index contributed by atoms with van der Waals surface area (Å²) in [6.45, 7) is 1.94. The Balaban J connectivity index is 1.76. The van der Waals surface area contributed by atoms with Gasteiger partial charge in [-0.05, 0) is 53.9 Å². The van der Waals surface area contributed by atoms with Gasteiger partial charge < -0.3 is 0 Å². The number of hydrogen-bond donors (Lipinski definition) is 0. The summed E-state index contributed by atoms with van der Waals surface area (Å²) in [6, 6.07) is 8.70. The third-order valence-corrected chi connectivity index (χ3v) is 8.09. The van der Waals surface area contributed by atoms with E-state index >= 15 is 0 Å². The maximum Gasteiger partial charge on any atom is 0.269 e. The minimum Gasteiger partial charge on any atom is -0.293 e. The Hall–Kier alpha value is -2.19. The minimum absolute atomic E-state index is 0.258. The lowest BCUT2D eigenvalue weighted by molar-refractivity contribution is 0.438. The average Bonchev–Trinajstić information content (AvgIpc) is 3.32. The van der Waals surface area contributed by atoms with E-state index in [0.29, 0.717) is 11.6 Å². The van der Waals surface area contributed by atoms with E-state index in [4.69, 9.17) is 4.98 Å². The monoisotopic (exact) mass is 472 g/mol. The summed E-state index contributed by atoms with van der Waals surface area (Å²) in [6.07, 6.45) is 9.04. The molecule has 6 nitrogen and oxygen atoms in total. The van der Waals surface area contributed by atoms with Crippen LogP contribution in [0.5, 0.6) is 0 Å². The van der Waals surface area contributed by atoms with Crippen LogP contribution in [0.4, 0.5) is 0 Å². The van der Waals surface area contributed by atoms with E-state index in [0.717, 1.165) is 39.7 Å². The Labute approximate surface area is 177 Å². The van der Waals surface area contributed by atoms with Crippen LogP contribution >= 0.6 is 15.9 Å². The topological polar surface area (TPSA) is 69.3 Å². The summed E-state index contributed by atoms with van der Waals surface area (Å²) in [5.74, 6) is 0.314. The number of fused-ring (bicyclic) bond motifs is 3. The second kappa shape index (κ2) is 6.95. The van der Waals surface area contributed by atoms with Crippen molar-refractivity contribution < 1.29 is 8.42 Å². The summed E-state index contributed by atoms with van der Waals surface area (Å²) in [5, 5.41) is 0. The number of rotatable bonds is 3. The highest BCUT2D eigenvalue weighted by atomic mass is 79.9. The van der Waals surface area contributed by atoms with Crippen molar-refractivity contribution >= 4 is 42.6 Å². The van der Waals surface area contributed by atoms with E-state index in [1.807, 2.05) is 23.5 Å². The molecule has 3 heterocycles. The van der Waals surface area contributed by atoms with E-state index in [-0.39, 0.29) is 4.90 Å². The smallest absolute Gasteiger partial charge is 0.269 e. The summed E-state index contributed by atoms with van der Waals surface area (Å²) in [5.41, 5.74) is 4.07. The fourth-order valence-corrected chi connectivity index (χ4v) is 6.05. The summed E-state index contributed by atoms with van der Waals surface area (Å²) in [7, 11) is -3.74. The van der Waals surface area contributed by atoms with Crippen LogP contribution < -0.4 is 0 Å². The van der Waals surface area contributed by atoms with Crippen LogP contribution in [0.2, 0.25) is 0 Å². The van der Waals surface area contributed by atoms with E-state index in [9.17, 15) is 8.42 Å². The Morgan fingerprint density at radius 3 is 2.52 bits per heavy atom. The van der Waals surface area contributed by atoms with Gasteiger partial charge in [0.25, 0.3) is 10.0 Å². The van der Waals surface area contributed by atoms with E-state index < -0.39 is 10.0 Å². The molecule has 1 fully saturated rings. The Kier molecular flexibility index (Phi) is 4.51. The first-order valence-corrected chi connectivity index (χ1v) is 12.1. The molecular weight excluding hydrogens is 452 g/mol. The van der Waals surface area contributed by atoms with Gasteiger partial charge in [-0.1, -0.05) is 37.0 Å². The summed E-state index contributed by atoms with van der Waals surface area (Å²) >= 11 is 3.56. The summed E-state index contributed by atoms with van der Waals surface area (Å²) < 4.78 is 30.7. The second-order valence-electron chi connectivity index (χ2n) is 7.72. The number of aryl methyl sites for hydroxylation is 1. The summed E-state index contributed by atoms with van der Waals surface area (Å²) in [4.78, 5) is 9.60. The predicted molar refractivity (Wildman–Crippen MR) is 116 cm³/mol. The molecule has 0 saturated heterocycles. The van der Waals surface area contributed by atoms with Crippen LogP contribution in [0.25, 0.3) is 16.7 Å². The molecule has 3 aromatic heterocycles. The zero-order valence-corrected chi connectivity index (χ0v) is 18.4. The third-order valence-electron chi connectivity index (χ3n) is 5.83. The van der Waals surface area contributed by atoms with Crippen LogP contribution in [0.1, 0.15) is 49.3 Å². The zero-order chi connectivity index (χ0) is 20.2. The molecule has 29 heavy (non-hydrogen) atoms. The highest BCUT2D eigenvalue weighted by Gasteiger charge is 2.26. The van der Waals surface area contributed by atoms with E-state index in [1.165, 1.54) is 23.2 Å². The first kappa shape index (κ1) is 18.8. The molecule has 1 aromatic carbocycles. The van der Waals surface area contributed by atoms with Crippen LogP contribution in [0.3, 0.4) is 0 Å². The van der Waals surface area contributed by atoms with Crippen molar-refractivity contribution in [2.75, 3.05) is 0 Å². The Morgan fingerprint density at radius 1 is 1.07 bits per heavy atom. The number of nitrogens with zero attached hydrogens (tertiary/aromatic N) is 4. The lowest BCUT2D eigenvalue weighted by atomic mass is 9.86. The quantitative estimate of drug-likeness (QED) is 0.418. The highest BCUT2D eigenvalue weighted by molar-refractivity contribution is 9.10. The van der Waals surface area contributed by atoms with Crippen molar-refractivity contribution in [3.63, 3.8) is 0 Å². The molecule has 0 aliphatic heterocycles. The van der Waals surface area contributed by atoms with Gasteiger partial charge in [-0.25, -0.2) is 22.4 Å². The zero-order valence-electron chi connectivity index (χ0n) is 16.0. The number of hydrogen-bond acceptors (Lipinski definition) is 4. The fraction of sp³-hybridized carbons (Fsp3) is 0.333. The molecule has 150 valence electrons. The highest BCUT2D eigenvalue weighted by Crippen LogP contribution is 2.37. The van der Waals surface area contributed by atoms with Gasteiger partial charge in [0, 0.05) is 12.1 Å². The lowest BCUT2D eigenvalue weighted by Crippen LogP contribution is -2.15. The van der Waals surface area contributed by atoms with Crippen molar-refractivity contribution in [1.82, 2.24) is 18.3 Å². The fourth-order valence-electron chi connectivity index (χ4n) is 4.27. The number of imidazole rings is 1. The van der Waals surface area contributed by atoms with Gasteiger partial charge in [-0.3, -0.25) is 4.40 Å². The first-order valence-electron chi connectivity index (χ1n) is 9.82. The van der Waals surface area contributed by atoms with Crippen molar-refractivity contribution in [3.8, 4) is 0 Å². The molecule has 0 bridgehead atoms. The van der Waals surface area contributed by atoms with Gasteiger partial charge in [-0.2, -0.15) is 0 Å². The van der Waals surface area contributed by atoms with Crippen LogP contribution in [0, 0.1) is 6.92 Å². The molecule has 0 unspecified atom stereocenters. The lowest BCUT2D eigenvalue weighted by Gasteiger charge is -2.22. The average molecular weight is 473 g/mol. The Bertz CT molecular complexity index is 1320. The van der Waals surface area contributed by atoms with Gasteiger partial charge >= 0.3 is 0 Å². The standard InChI is InChI=1S/C21H21BrN4O2S/c1-14-7-9-16(10-8-14)29(27,28)26-12-11-17-21(26)24-18(15-5-3-2-4-6-15)19-20(22)23-13-25(17)19/h7-13,15H,2-6H2,1H3. The number of benzene rings is 1. The molecule has 4 aromatic rings. The maximum absolute atomic E-state index is 13.3. The number of aromatic nitrogens is 4. The van der Waals surface area contributed by atoms with E-state index in [2.05, 4.69) is 20.9 Å². The second-order valence-corrected chi connectivity index (χ2v) is 10.3. The van der Waals surface area contributed by atoms with E-state index in [1.54, 1.807) is 30.7 Å². The van der Waals surface area contributed by atoms with Gasteiger partial charge in [0.05, 0.1) is 16.1 Å². The first-order chi connectivity index (χ1) is 14.0. The van der Waals surface area contributed by atoms with Gasteiger partial charge in [0.2, 0.25) is 0 Å². The normalized spacial score (nSPS) is 16.1. The minimum atomic E-state index is -3.74. The molecular formula is C21H21BrN4O2S. The van der Waals surface area contributed by atoms with Crippen LogP contribution in [-0.4, -0.2) is 26.8 Å². The predicted octanol–water partition coefficient (Wildman–Crippen LogP) is 5.04. The molecule has 0 N–H and O–H groups in total. The molecule has 8 heteroatoms. The molecule has 0 amide bonds. The largest absolute Gasteiger partial charge is 0.293 e. The molecule has 0 atom stereocenters. The van der Waals surface area contributed by atoms with Crippen molar-refractivity contribution in [2.45, 2.75) is 49.8 Å². The Morgan fingerprint density at radius 2 is 1.79 bits per heavy atom. The van der Waals surface area contributed by atoms with Gasteiger partial charge in [0.15, 0.2) is 5.65 Å². The van der Waals surface area contributed by atoms with Crippen molar-refractivity contribution in [2.24, 2.45) is 0 Å². The van der Waals surface area contributed by atoms with Crippen molar-refractivity contribution in [3.05, 3.63) is 58.7 Å². The number of halogens is 1. The third kappa shape index (κ3) is 3.00. The van der Waals surface area contributed by atoms with Crippen molar-refractivity contribution in [1.29, 1.82) is 0 Å². The molecule has 1 aliphatic carbocycles. The molecule has 0 spiro atoms. The van der Waals surface area contributed by atoms with Crippen LogP contribution in [0.15, 0.2) is 52.4 Å². The molecule has 1 aliphatic rings. The maximum atomic E-state index is 13.3. The van der Waals surface area contributed by atoms with Gasteiger partial charge in [0.1, 0.15) is 16.4 Å². The van der Waals surface area contributed by atoms with Gasteiger partial charge in [-0.15, -0.1) is 0 Å². The molecule has 5 rings (SSSR count). The van der Waals surface area contributed by atoms with Crippen LogP contribution in [-0.2, 0) is 10.0 Å². The molecule has 1 saturated carbocycles. The molecule has 0 radical (unpaired) electrons. The SMILES string of the molecule is Cc1ccc(S(=O)(=O)n2ccc3c2nc(C2CCCCC2)c2c(Br)ncn23)cc1.